The number of hydrogen-bond donors (Lipinski definition) is 1. The average Bonchev–Trinajstić information content (AvgIpc) is 3.25. The minimum atomic E-state index is -0.148. The number of aryl methyl sites for hydroxylation is 1. The Morgan fingerprint density at radius 1 is 1.16 bits per heavy atom. The van der Waals surface area contributed by atoms with E-state index in [4.69, 9.17) is 0 Å². The monoisotopic (exact) mass is 341 g/mol. The van der Waals surface area contributed by atoms with E-state index in [1.807, 2.05) is 18.5 Å². The molecule has 0 bridgehead atoms. The topological polar surface area (TPSA) is 84.6 Å². The number of rotatable bonds is 3. The maximum Gasteiger partial charge on any atom is 0.263 e. The summed E-state index contributed by atoms with van der Waals surface area (Å²) in [5.74, 6) is 0.617. The Morgan fingerprint density at radius 3 is 2.52 bits per heavy atom. The lowest BCUT2D eigenvalue weighted by atomic mass is 10.3. The molecular formula is C17H23N7O. The van der Waals surface area contributed by atoms with E-state index in [9.17, 15) is 4.79 Å². The van der Waals surface area contributed by atoms with E-state index in [0.29, 0.717) is 17.0 Å². The average molecular weight is 341 g/mol. The number of fused-ring (bicyclic) bond motifs is 1. The van der Waals surface area contributed by atoms with Crippen LogP contribution in [-0.2, 0) is 0 Å². The molecule has 25 heavy (non-hydrogen) atoms. The van der Waals surface area contributed by atoms with E-state index in [2.05, 4.69) is 38.9 Å². The summed E-state index contributed by atoms with van der Waals surface area (Å²) in [5.41, 5.74) is 3.15. The molecule has 3 aromatic heterocycles. The van der Waals surface area contributed by atoms with Crippen LogP contribution in [0, 0.1) is 13.8 Å². The number of H-pyrrole nitrogens is 1. The molecule has 1 aliphatic rings. The molecule has 1 aliphatic heterocycles. The van der Waals surface area contributed by atoms with E-state index in [1.54, 1.807) is 10.9 Å². The summed E-state index contributed by atoms with van der Waals surface area (Å²) in [5, 5.41) is 9.68. The van der Waals surface area contributed by atoms with Crippen LogP contribution in [0.25, 0.3) is 16.7 Å². The second kappa shape index (κ2) is 5.72. The van der Waals surface area contributed by atoms with Crippen molar-refractivity contribution in [2.75, 3.05) is 18.0 Å². The third kappa shape index (κ3) is 2.52. The molecule has 3 aromatic rings. The first-order valence-electron chi connectivity index (χ1n) is 8.76. The first-order chi connectivity index (χ1) is 12.0. The fraction of sp³-hybridized carbons (Fsp3) is 0.529. The van der Waals surface area contributed by atoms with Crippen molar-refractivity contribution in [3.8, 4) is 5.69 Å². The van der Waals surface area contributed by atoms with Gasteiger partial charge >= 0.3 is 0 Å². The minimum Gasteiger partial charge on any atom is -0.342 e. The summed E-state index contributed by atoms with van der Waals surface area (Å²) in [6.45, 7) is 10.0. The van der Waals surface area contributed by atoms with Crippen molar-refractivity contribution in [3.05, 3.63) is 27.9 Å². The first kappa shape index (κ1) is 15.9. The summed E-state index contributed by atoms with van der Waals surface area (Å²) < 4.78 is 3.71. The fourth-order valence-electron chi connectivity index (χ4n) is 3.59. The smallest absolute Gasteiger partial charge is 0.263 e. The van der Waals surface area contributed by atoms with E-state index >= 15 is 0 Å². The lowest BCUT2D eigenvalue weighted by Gasteiger charge is -2.14. The molecule has 0 aromatic carbocycles. The van der Waals surface area contributed by atoms with Gasteiger partial charge in [0.1, 0.15) is 11.1 Å². The van der Waals surface area contributed by atoms with Crippen LogP contribution in [0.1, 0.15) is 44.1 Å². The number of aromatic amines is 1. The number of anilines is 1. The van der Waals surface area contributed by atoms with Gasteiger partial charge in [0.15, 0.2) is 5.65 Å². The molecule has 1 N–H and O–H groups in total. The molecule has 4 rings (SSSR count). The molecule has 0 aliphatic carbocycles. The van der Waals surface area contributed by atoms with E-state index < -0.39 is 0 Å². The molecule has 1 fully saturated rings. The number of aromatic nitrogens is 6. The Kier molecular flexibility index (Phi) is 3.63. The van der Waals surface area contributed by atoms with Gasteiger partial charge in [0, 0.05) is 25.3 Å². The van der Waals surface area contributed by atoms with Gasteiger partial charge in [-0.15, -0.1) is 5.10 Å². The Labute approximate surface area is 145 Å². The zero-order valence-corrected chi connectivity index (χ0v) is 15.1. The number of hydrogen-bond acceptors (Lipinski definition) is 5. The highest BCUT2D eigenvalue weighted by atomic mass is 16.1. The van der Waals surface area contributed by atoms with Crippen molar-refractivity contribution >= 4 is 17.0 Å². The van der Waals surface area contributed by atoms with Crippen LogP contribution in [0.5, 0.6) is 0 Å². The van der Waals surface area contributed by atoms with Crippen molar-refractivity contribution in [2.24, 2.45) is 0 Å². The Bertz CT molecular complexity index is 988. The van der Waals surface area contributed by atoms with Gasteiger partial charge < -0.3 is 4.90 Å². The summed E-state index contributed by atoms with van der Waals surface area (Å²) in [6.07, 6.45) is 4.00. The SMILES string of the molecule is Cc1nn(C(C)C)c(C)c1-n1cc2c(=O)[nH]c(N3CCCC3)nc2n1. The number of nitrogens with zero attached hydrogens (tertiary/aromatic N) is 6. The molecule has 0 spiro atoms. The standard InChI is InChI=1S/C17H23N7O/c1-10(2)24-12(4)14(11(3)20-24)23-9-13-15(21-23)18-17(19-16(13)25)22-7-5-6-8-22/h9-10H,5-8H2,1-4H3,(H,18,19,21,25). The summed E-state index contributed by atoms with van der Waals surface area (Å²) in [6, 6.07) is 0.265. The fourth-order valence-corrected chi connectivity index (χ4v) is 3.59. The Balaban J connectivity index is 1.85. The zero-order chi connectivity index (χ0) is 17.7. The number of nitrogens with one attached hydrogen (secondary N) is 1. The predicted octanol–water partition coefficient (Wildman–Crippen LogP) is 2.10. The van der Waals surface area contributed by atoms with Crippen LogP contribution >= 0.6 is 0 Å². The molecule has 0 saturated carbocycles. The maximum atomic E-state index is 12.5. The third-order valence-corrected chi connectivity index (χ3v) is 4.79. The van der Waals surface area contributed by atoms with Crippen molar-refractivity contribution in [3.63, 3.8) is 0 Å². The maximum absolute atomic E-state index is 12.5. The van der Waals surface area contributed by atoms with Crippen LogP contribution < -0.4 is 10.5 Å². The van der Waals surface area contributed by atoms with Crippen molar-refractivity contribution in [1.82, 2.24) is 29.5 Å². The molecule has 0 atom stereocenters. The van der Waals surface area contributed by atoms with Crippen molar-refractivity contribution in [2.45, 2.75) is 46.6 Å². The van der Waals surface area contributed by atoms with E-state index in [-0.39, 0.29) is 11.6 Å². The lowest BCUT2D eigenvalue weighted by molar-refractivity contribution is 0.516. The summed E-state index contributed by atoms with van der Waals surface area (Å²) in [7, 11) is 0. The van der Waals surface area contributed by atoms with Gasteiger partial charge in [0.25, 0.3) is 5.56 Å². The highest BCUT2D eigenvalue weighted by molar-refractivity contribution is 5.74. The summed E-state index contributed by atoms with van der Waals surface area (Å²) in [4.78, 5) is 22.1. The molecule has 8 nitrogen and oxygen atoms in total. The van der Waals surface area contributed by atoms with Crippen molar-refractivity contribution in [1.29, 1.82) is 0 Å². The zero-order valence-electron chi connectivity index (χ0n) is 15.1. The van der Waals surface area contributed by atoms with Gasteiger partial charge in [-0.25, -0.2) is 4.68 Å². The molecule has 0 radical (unpaired) electrons. The van der Waals surface area contributed by atoms with E-state index in [1.165, 1.54) is 0 Å². The quantitative estimate of drug-likeness (QED) is 0.788. The highest BCUT2D eigenvalue weighted by Gasteiger charge is 2.20. The normalized spacial score (nSPS) is 15.0. The minimum absolute atomic E-state index is 0.148. The van der Waals surface area contributed by atoms with Gasteiger partial charge in [-0.3, -0.25) is 14.5 Å². The van der Waals surface area contributed by atoms with Crippen LogP contribution in [0.15, 0.2) is 11.0 Å². The molecule has 0 amide bonds. The first-order valence-corrected chi connectivity index (χ1v) is 8.76. The highest BCUT2D eigenvalue weighted by Crippen LogP contribution is 2.23. The molecule has 4 heterocycles. The molecule has 1 saturated heterocycles. The predicted molar refractivity (Wildman–Crippen MR) is 96.6 cm³/mol. The van der Waals surface area contributed by atoms with Gasteiger partial charge in [-0.1, -0.05) is 0 Å². The van der Waals surface area contributed by atoms with Crippen LogP contribution in [0.3, 0.4) is 0 Å². The van der Waals surface area contributed by atoms with E-state index in [0.717, 1.165) is 43.0 Å². The van der Waals surface area contributed by atoms with Crippen LogP contribution in [-0.4, -0.2) is 42.6 Å². The lowest BCUT2D eigenvalue weighted by Crippen LogP contribution is -2.23. The Morgan fingerprint density at radius 2 is 1.88 bits per heavy atom. The van der Waals surface area contributed by atoms with Gasteiger partial charge in [-0.2, -0.15) is 10.1 Å². The summed E-state index contributed by atoms with van der Waals surface area (Å²) >= 11 is 0. The van der Waals surface area contributed by atoms with Crippen LogP contribution in [0.2, 0.25) is 0 Å². The van der Waals surface area contributed by atoms with Gasteiger partial charge in [0.05, 0.1) is 11.4 Å². The van der Waals surface area contributed by atoms with Gasteiger partial charge in [-0.05, 0) is 40.5 Å². The molecular weight excluding hydrogens is 318 g/mol. The third-order valence-electron chi connectivity index (χ3n) is 4.79. The van der Waals surface area contributed by atoms with Gasteiger partial charge in [0.2, 0.25) is 5.95 Å². The second-order valence-corrected chi connectivity index (χ2v) is 6.95. The molecule has 0 unspecified atom stereocenters. The molecule has 8 heteroatoms. The largest absolute Gasteiger partial charge is 0.342 e. The Hall–Kier alpha value is -2.64. The second-order valence-electron chi connectivity index (χ2n) is 6.95. The van der Waals surface area contributed by atoms with Crippen LogP contribution in [0.4, 0.5) is 5.95 Å². The molecule has 132 valence electrons. The van der Waals surface area contributed by atoms with Crippen molar-refractivity contribution < 1.29 is 0 Å².